The molecule has 4 saturated carbocycles. The summed E-state index contributed by atoms with van der Waals surface area (Å²) in [4.78, 5) is 24.1. The first-order valence-electron chi connectivity index (χ1n) is 15.2. The maximum atomic E-state index is 12.4. The Labute approximate surface area is 228 Å². The monoisotopic (exact) mass is 534 g/mol. The van der Waals surface area contributed by atoms with Gasteiger partial charge in [0.2, 0.25) is 0 Å². The summed E-state index contributed by atoms with van der Waals surface area (Å²) >= 11 is 0. The van der Waals surface area contributed by atoms with Crippen molar-refractivity contribution in [3.8, 4) is 0 Å². The molecule has 0 amide bonds. The number of aliphatic hydroxyl groups excluding tert-OH is 2. The standard InChI is InChI=1S/C31H50O7/c1-16(15-32)11-25(35)29-17(2)28-26(38-29)13-24-22-8-7-20-12-21(36-18(3)33)9-10-30(20,5)23(22)14-27(31(24,28)6)37-19(4)34/h16-17,20-29,32,35H,7-15H2,1-6H3/t16-,17+,20+,21+,22-,23+,24+,25-,26+,27-,28+,29+,30+,31-/m1/s1. The molecule has 5 fully saturated rings. The molecule has 0 radical (unpaired) electrons. The van der Waals surface area contributed by atoms with Gasteiger partial charge in [-0.2, -0.15) is 0 Å². The quantitative estimate of drug-likeness (QED) is 0.483. The van der Waals surface area contributed by atoms with Crippen molar-refractivity contribution in [3.63, 3.8) is 0 Å². The number of hydrogen-bond donors (Lipinski definition) is 2. The molecule has 14 atom stereocenters. The van der Waals surface area contributed by atoms with Crippen molar-refractivity contribution in [3.05, 3.63) is 0 Å². The minimum atomic E-state index is -0.606. The lowest BCUT2D eigenvalue weighted by Gasteiger charge is -2.62. The van der Waals surface area contributed by atoms with Crippen LogP contribution in [0.25, 0.3) is 0 Å². The van der Waals surface area contributed by atoms with Gasteiger partial charge in [0, 0.05) is 25.9 Å². The van der Waals surface area contributed by atoms with Gasteiger partial charge in [0.1, 0.15) is 12.2 Å². The smallest absolute Gasteiger partial charge is 0.302 e. The van der Waals surface area contributed by atoms with E-state index in [0.717, 1.165) is 38.5 Å². The second kappa shape index (κ2) is 10.3. The lowest BCUT2D eigenvalue weighted by Crippen LogP contribution is -2.60. The van der Waals surface area contributed by atoms with Crippen molar-refractivity contribution >= 4 is 11.9 Å². The Hall–Kier alpha value is -1.18. The molecular weight excluding hydrogens is 484 g/mol. The topological polar surface area (TPSA) is 102 Å². The normalized spacial score (nSPS) is 49.2. The highest BCUT2D eigenvalue weighted by Crippen LogP contribution is 2.70. The van der Waals surface area contributed by atoms with Gasteiger partial charge in [0.15, 0.2) is 0 Å². The molecule has 4 aliphatic carbocycles. The molecule has 0 aromatic carbocycles. The Balaban J connectivity index is 1.41. The van der Waals surface area contributed by atoms with Gasteiger partial charge in [-0.15, -0.1) is 0 Å². The van der Waals surface area contributed by atoms with Gasteiger partial charge >= 0.3 is 11.9 Å². The van der Waals surface area contributed by atoms with Crippen LogP contribution in [-0.4, -0.2) is 59.3 Å². The average molecular weight is 535 g/mol. The molecule has 7 heteroatoms. The average Bonchev–Trinajstić information content (AvgIpc) is 3.33. The Morgan fingerprint density at radius 3 is 2.39 bits per heavy atom. The van der Waals surface area contributed by atoms with Crippen LogP contribution in [0.2, 0.25) is 0 Å². The molecule has 1 aliphatic heterocycles. The molecule has 2 N–H and O–H groups in total. The summed E-state index contributed by atoms with van der Waals surface area (Å²) in [6.07, 6.45) is 6.65. The second-order valence-electron chi connectivity index (χ2n) is 14.2. The number of carbonyl (C=O) groups excluding carboxylic acids is 2. The van der Waals surface area contributed by atoms with E-state index in [1.165, 1.54) is 20.3 Å². The zero-order valence-electron chi connectivity index (χ0n) is 24.2. The maximum Gasteiger partial charge on any atom is 0.302 e. The van der Waals surface area contributed by atoms with Crippen LogP contribution >= 0.6 is 0 Å². The van der Waals surface area contributed by atoms with Crippen LogP contribution in [0.1, 0.15) is 92.9 Å². The van der Waals surface area contributed by atoms with Crippen LogP contribution in [0, 0.1) is 52.3 Å². The van der Waals surface area contributed by atoms with Crippen LogP contribution in [0.3, 0.4) is 0 Å². The SMILES string of the molecule is CC(=O)O[C@H]1CC[C@@]2(C)[C@@H](CC[C@@H]3[C@@H]2C[C@@H](OC(C)=O)[C@]2(C)[C@H]4[C@H](C)[C@@H]([C@H](O)C[C@@H](C)CO)O[C@H]4C[C@@H]32)C1. The fraction of sp³-hybridized carbons (Fsp3) is 0.935. The van der Waals surface area contributed by atoms with Gasteiger partial charge in [-0.05, 0) is 98.2 Å². The Kier molecular flexibility index (Phi) is 7.71. The van der Waals surface area contributed by atoms with E-state index in [0.29, 0.717) is 30.1 Å². The maximum absolute atomic E-state index is 12.4. The summed E-state index contributed by atoms with van der Waals surface area (Å²) in [5.74, 6) is 1.99. The number of esters is 2. The first-order chi connectivity index (χ1) is 17.9. The predicted molar refractivity (Wildman–Crippen MR) is 142 cm³/mol. The van der Waals surface area contributed by atoms with E-state index in [4.69, 9.17) is 14.2 Å². The van der Waals surface area contributed by atoms with Gasteiger partial charge in [-0.1, -0.05) is 27.7 Å². The van der Waals surface area contributed by atoms with Gasteiger partial charge in [-0.25, -0.2) is 0 Å². The molecule has 0 aromatic rings. The highest BCUT2D eigenvalue weighted by molar-refractivity contribution is 5.66. The predicted octanol–water partition coefficient (Wildman–Crippen LogP) is 4.51. The first kappa shape index (κ1) is 28.4. The van der Waals surface area contributed by atoms with Gasteiger partial charge in [0.25, 0.3) is 0 Å². The minimum absolute atomic E-state index is 0.0252. The van der Waals surface area contributed by atoms with Gasteiger partial charge in [-0.3, -0.25) is 9.59 Å². The molecule has 38 heavy (non-hydrogen) atoms. The van der Waals surface area contributed by atoms with Crippen molar-refractivity contribution in [1.82, 2.24) is 0 Å². The summed E-state index contributed by atoms with van der Waals surface area (Å²) in [6, 6.07) is 0. The Bertz CT molecular complexity index is 907. The van der Waals surface area contributed by atoms with Crippen LogP contribution in [0.15, 0.2) is 0 Å². The third-order valence-electron chi connectivity index (χ3n) is 12.2. The van der Waals surface area contributed by atoms with E-state index in [2.05, 4.69) is 20.8 Å². The van der Waals surface area contributed by atoms with Crippen molar-refractivity contribution in [2.24, 2.45) is 52.3 Å². The van der Waals surface area contributed by atoms with E-state index < -0.39 is 6.10 Å². The third kappa shape index (κ3) is 4.52. The fourth-order valence-corrected chi connectivity index (χ4v) is 10.6. The molecule has 0 unspecified atom stereocenters. The molecule has 0 spiro atoms. The molecule has 216 valence electrons. The van der Waals surface area contributed by atoms with Crippen LogP contribution < -0.4 is 0 Å². The number of carbonyl (C=O) groups is 2. The Morgan fingerprint density at radius 2 is 1.74 bits per heavy atom. The summed E-state index contributed by atoms with van der Waals surface area (Å²) in [6.45, 7) is 12.1. The van der Waals surface area contributed by atoms with E-state index in [1.807, 2.05) is 6.92 Å². The van der Waals surface area contributed by atoms with Crippen molar-refractivity contribution < 1.29 is 34.0 Å². The van der Waals surface area contributed by atoms with Crippen LogP contribution in [-0.2, 0) is 23.8 Å². The number of ether oxygens (including phenoxy) is 3. The second-order valence-corrected chi connectivity index (χ2v) is 14.2. The van der Waals surface area contributed by atoms with Crippen molar-refractivity contribution in [2.75, 3.05) is 6.61 Å². The van der Waals surface area contributed by atoms with Gasteiger partial charge in [0.05, 0.1) is 18.3 Å². The molecule has 5 aliphatic rings. The van der Waals surface area contributed by atoms with Crippen molar-refractivity contribution in [2.45, 2.75) is 123 Å². The lowest BCUT2D eigenvalue weighted by atomic mass is 9.43. The number of rotatable bonds is 6. The number of hydrogen-bond acceptors (Lipinski definition) is 7. The van der Waals surface area contributed by atoms with Crippen LogP contribution in [0.4, 0.5) is 0 Å². The summed E-state index contributed by atoms with van der Waals surface area (Å²) in [5.41, 5.74) is -0.0330. The Morgan fingerprint density at radius 1 is 1.03 bits per heavy atom. The molecule has 0 aromatic heterocycles. The first-order valence-corrected chi connectivity index (χ1v) is 15.2. The molecule has 5 rings (SSSR count). The van der Waals surface area contributed by atoms with E-state index in [-0.39, 0.29) is 71.5 Å². The van der Waals surface area contributed by atoms with E-state index in [9.17, 15) is 19.8 Å². The zero-order chi connectivity index (χ0) is 27.6. The van der Waals surface area contributed by atoms with E-state index >= 15 is 0 Å². The summed E-state index contributed by atoms with van der Waals surface area (Å²) in [5, 5.41) is 20.6. The molecule has 1 heterocycles. The number of aliphatic hydroxyl groups is 2. The number of fused-ring (bicyclic) bond motifs is 7. The minimum Gasteiger partial charge on any atom is -0.463 e. The highest BCUT2D eigenvalue weighted by atomic mass is 16.5. The molecular formula is C31H50O7. The molecule has 1 saturated heterocycles. The fourth-order valence-electron chi connectivity index (χ4n) is 10.6. The van der Waals surface area contributed by atoms with Gasteiger partial charge < -0.3 is 24.4 Å². The third-order valence-corrected chi connectivity index (χ3v) is 12.2. The van der Waals surface area contributed by atoms with E-state index in [1.54, 1.807) is 0 Å². The lowest BCUT2D eigenvalue weighted by molar-refractivity contribution is -0.198. The summed E-state index contributed by atoms with van der Waals surface area (Å²) in [7, 11) is 0. The largest absolute Gasteiger partial charge is 0.463 e. The van der Waals surface area contributed by atoms with Crippen molar-refractivity contribution in [1.29, 1.82) is 0 Å². The molecule has 7 nitrogen and oxygen atoms in total. The molecule has 0 bridgehead atoms. The highest BCUT2D eigenvalue weighted by Gasteiger charge is 2.70. The zero-order valence-corrected chi connectivity index (χ0v) is 24.2. The van der Waals surface area contributed by atoms with Crippen LogP contribution in [0.5, 0.6) is 0 Å². The summed E-state index contributed by atoms with van der Waals surface area (Å²) < 4.78 is 18.5.